The van der Waals surface area contributed by atoms with Crippen molar-refractivity contribution in [3.63, 3.8) is 0 Å². The molecule has 0 fully saturated rings. The van der Waals surface area contributed by atoms with Gasteiger partial charge in [0.25, 0.3) is 5.88 Å². The van der Waals surface area contributed by atoms with Gasteiger partial charge in [-0.2, -0.15) is 4.98 Å². The second kappa shape index (κ2) is 5.28. The number of aryl methyl sites for hydroxylation is 1. The summed E-state index contributed by atoms with van der Waals surface area (Å²) in [6.45, 7) is 1.70. The fraction of sp³-hybridized carbons (Fsp3) is 0.200. The van der Waals surface area contributed by atoms with Gasteiger partial charge in [0.1, 0.15) is 12.3 Å². The Hall–Kier alpha value is -1.73. The summed E-state index contributed by atoms with van der Waals surface area (Å²) in [5.74, 6) is -0.106. The maximum absolute atomic E-state index is 10.9. The minimum atomic E-state index is -0.574. The Morgan fingerprint density at radius 1 is 1.56 bits per heavy atom. The summed E-state index contributed by atoms with van der Waals surface area (Å²) in [5.41, 5.74) is -0.0721. The third-order valence-electron chi connectivity index (χ3n) is 2.11. The van der Waals surface area contributed by atoms with Crippen molar-refractivity contribution >= 4 is 28.6 Å². The van der Waals surface area contributed by atoms with Crippen molar-refractivity contribution in [2.24, 2.45) is 0 Å². The van der Waals surface area contributed by atoms with Gasteiger partial charge in [-0.25, -0.2) is 4.98 Å². The van der Waals surface area contributed by atoms with Gasteiger partial charge in [0.2, 0.25) is 5.28 Å². The second-order valence-electron chi connectivity index (χ2n) is 3.36. The van der Waals surface area contributed by atoms with Crippen molar-refractivity contribution in [1.29, 1.82) is 0 Å². The summed E-state index contributed by atoms with van der Waals surface area (Å²) in [5, 5.41) is 12.7. The van der Waals surface area contributed by atoms with Gasteiger partial charge in [-0.1, -0.05) is 6.07 Å². The maximum Gasteiger partial charge on any atom is 0.352 e. The fourth-order valence-electron chi connectivity index (χ4n) is 1.35. The van der Waals surface area contributed by atoms with Gasteiger partial charge in [0, 0.05) is 4.88 Å². The zero-order valence-corrected chi connectivity index (χ0v) is 10.9. The summed E-state index contributed by atoms with van der Waals surface area (Å²) < 4.78 is 5.34. The molecule has 0 spiro atoms. The Morgan fingerprint density at radius 3 is 2.94 bits per heavy atom. The van der Waals surface area contributed by atoms with Crippen LogP contribution in [0.3, 0.4) is 0 Å². The number of aromatic nitrogens is 2. The van der Waals surface area contributed by atoms with Gasteiger partial charge in [-0.05, 0) is 30.0 Å². The first-order valence-electron chi connectivity index (χ1n) is 4.91. The standard InChI is InChI=1S/C10H8ClN3O3S/c1-6-8(14(15)16)9(13-10(11)12-6)17-5-7-3-2-4-18-7/h2-4H,5H2,1H3. The third kappa shape index (κ3) is 2.74. The van der Waals surface area contributed by atoms with E-state index < -0.39 is 4.92 Å². The lowest BCUT2D eigenvalue weighted by atomic mass is 10.4. The first-order chi connectivity index (χ1) is 8.58. The second-order valence-corrected chi connectivity index (χ2v) is 4.73. The van der Waals surface area contributed by atoms with Crippen LogP contribution in [0.25, 0.3) is 0 Å². The Labute approximate surface area is 111 Å². The number of ether oxygens (including phenoxy) is 1. The van der Waals surface area contributed by atoms with Crippen LogP contribution in [0.5, 0.6) is 5.88 Å². The molecule has 0 bridgehead atoms. The summed E-state index contributed by atoms with van der Waals surface area (Å²) in [4.78, 5) is 18.8. The van der Waals surface area contributed by atoms with Gasteiger partial charge in [0.15, 0.2) is 0 Å². The van der Waals surface area contributed by atoms with E-state index in [-0.39, 0.29) is 29.2 Å². The van der Waals surface area contributed by atoms with Gasteiger partial charge in [0.05, 0.1) is 4.92 Å². The zero-order valence-electron chi connectivity index (χ0n) is 9.29. The monoisotopic (exact) mass is 285 g/mol. The number of nitro groups is 1. The molecule has 0 N–H and O–H groups in total. The number of nitrogens with zero attached hydrogens (tertiary/aromatic N) is 3. The number of rotatable bonds is 4. The SMILES string of the molecule is Cc1nc(Cl)nc(OCc2cccs2)c1[N+](=O)[O-]. The molecule has 0 radical (unpaired) electrons. The average molecular weight is 286 g/mol. The Kier molecular flexibility index (Phi) is 3.73. The molecule has 18 heavy (non-hydrogen) atoms. The molecule has 94 valence electrons. The third-order valence-corrected chi connectivity index (χ3v) is 3.13. The van der Waals surface area contributed by atoms with Crippen molar-refractivity contribution < 1.29 is 9.66 Å². The van der Waals surface area contributed by atoms with Crippen LogP contribution >= 0.6 is 22.9 Å². The lowest BCUT2D eigenvalue weighted by molar-refractivity contribution is -0.387. The molecule has 0 unspecified atom stereocenters. The van der Waals surface area contributed by atoms with Crippen LogP contribution in [-0.4, -0.2) is 14.9 Å². The van der Waals surface area contributed by atoms with Crippen LogP contribution in [0.2, 0.25) is 5.28 Å². The minimum absolute atomic E-state index is 0.0701. The van der Waals surface area contributed by atoms with Crippen LogP contribution in [0.1, 0.15) is 10.6 Å². The van der Waals surface area contributed by atoms with Crippen LogP contribution in [0, 0.1) is 17.0 Å². The molecule has 2 aromatic rings. The van der Waals surface area contributed by atoms with E-state index in [1.54, 1.807) is 0 Å². The zero-order chi connectivity index (χ0) is 13.1. The van der Waals surface area contributed by atoms with E-state index in [9.17, 15) is 10.1 Å². The van der Waals surface area contributed by atoms with Gasteiger partial charge >= 0.3 is 5.69 Å². The molecule has 2 heterocycles. The lowest BCUT2D eigenvalue weighted by Gasteiger charge is -2.05. The molecule has 0 aliphatic rings. The van der Waals surface area contributed by atoms with E-state index in [2.05, 4.69) is 9.97 Å². The van der Waals surface area contributed by atoms with E-state index in [1.807, 2.05) is 17.5 Å². The predicted molar refractivity (Wildman–Crippen MR) is 67.1 cm³/mol. The summed E-state index contributed by atoms with van der Waals surface area (Å²) in [6, 6.07) is 3.74. The topological polar surface area (TPSA) is 78.2 Å². The molecule has 2 rings (SSSR count). The van der Waals surface area contributed by atoms with Crippen molar-refractivity contribution in [3.05, 3.63) is 43.5 Å². The van der Waals surface area contributed by atoms with E-state index in [0.29, 0.717) is 0 Å². The molecule has 8 heteroatoms. The van der Waals surface area contributed by atoms with Crippen LogP contribution in [0.15, 0.2) is 17.5 Å². The summed E-state index contributed by atoms with van der Waals surface area (Å²) in [6.07, 6.45) is 0. The number of halogens is 1. The number of thiophene rings is 1. The molecule has 0 aromatic carbocycles. The molecule has 0 saturated heterocycles. The van der Waals surface area contributed by atoms with Gasteiger partial charge < -0.3 is 4.74 Å². The summed E-state index contributed by atoms with van der Waals surface area (Å²) in [7, 11) is 0. The highest BCUT2D eigenvalue weighted by Gasteiger charge is 2.23. The number of hydrogen-bond acceptors (Lipinski definition) is 6. The molecule has 0 saturated carbocycles. The highest BCUT2D eigenvalue weighted by molar-refractivity contribution is 7.09. The van der Waals surface area contributed by atoms with Crippen molar-refractivity contribution in [2.45, 2.75) is 13.5 Å². The van der Waals surface area contributed by atoms with E-state index in [0.717, 1.165) is 4.88 Å². The van der Waals surface area contributed by atoms with E-state index >= 15 is 0 Å². The molecule has 2 aromatic heterocycles. The van der Waals surface area contributed by atoms with Crippen molar-refractivity contribution in [2.75, 3.05) is 0 Å². The Balaban J connectivity index is 2.28. The lowest BCUT2D eigenvalue weighted by Crippen LogP contribution is -2.04. The molecular weight excluding hydrogens is 278 g/mol. The molecule has 0 amide bonds. The van der Waals surface area contributed by atoms with Crippen LogP contribution in [-0.2, 0) is 6.61 Å². The number of hydrogen-bond donors (Lipinski definition) is 0. The van der Waals surface area contributed by atoms with Crippen LogP contribution < -0.4 is 4.74 Å². The fourth-order valence-corrected chi connectivity index (χ4v) is 2.17. The average Bonchev–Trinajstić information content (AvgIpc) is 2.77. The summed E-state index contributed by atoms with van der Waals surface area (Å²) >= 11 is 7.16. The van der Waals surface area contributed by atoms with Crippen molar-refractivity contribution in [3.8, 4) is 5.88 Å². The minimum Gasteiger partial charge on any atom is -0.467 e. The highest BCUT2D eigenvalue weighted by Crippen LogP contribution is 2.29. The first-order valence-corrected chi connectivity index (χ1v) is 6.17. The van der Waals surface area contributed by atoms with Gasteiger partial charge in [-0.3, -0.25) is 10.1 Å². The molecule has 0 aliphatic carbocycles. The van der Waals surface area contributed by atoms with E-state index in [4.69, 9.17) is 16.3 Å². The Bertz CT molecular complexity index is 574. The Morgan fingerprint density at radius 2 is 2.33 bits per heavy atom. The quantitative estimate of drug-likeness (QED) is 0.490. The smallest absolute Gasteiger partial charge is 0.352 e. The molecular formula is C10H8ClN3O3S. The normalized spacial score (nSPS) is 10.3. The van der Waals surface area contributed by atoms with Crippen molar-refractivity contribution in [1.82, 2.24) is 9.97 Å². The maximum atomic E-state index is 10.9. The predicted octanol–water partition coefficient (Wildman–Crippen LogP) is 2.99. The van der Waals surface area contributed by atoms with Gasteiger partial charge in [-0.15, -0.1) is 11.3 Å². The molecule has 6 nitrogen and oxygen atoms in total. The highest BCUT2D eigenvalue weighted by atomic mass is 35.5. The molecule has 0 atom stereocenters. The van der Waals surface area contributed by atoms with E-state index in [1.165, 1.54) is 18.3 Å². The molecule has 0 aliphatic heterocycles. The van der Waals surface area contributed by atoms with Crippen LogP contribution in [0.4, 0.5) is 5.69 Å². The first kappa shape index (κ1) is 12.7. The largest absolute Gasteiger partial charge is 0.467 e.